The number of likely N-dealkylation sites (tertiary alicyclic amines) is 1. The maximum absolute atomic E-state index is 13.3. The van der Waals surface area contributed by atoms with Crippen molar-refractivity contribution in [1.82, 2.24) is 29.0 Å². The molecule has 2 aromatic rings. The maximum atomic E-state index is 13.3. The SMILES string of the molecule is Cc1ncnc(C)c1C(=O)N1CCC(C)(N2CCN([C@H](c3ccccc3)C3CCN(S(=O)(=O)C(F)(F)F)CC3)[C@@H](C)C2)CC1. The second-order valence-corrected chi connectivity index (χ2v) is 14.7. The number of aryl methyl sites for hydroxylation is 2. The van der Waals surface area contributed by atoms with Gasteiger partial charge < -0.3 is 4.90 Å². The van der Waals surface area contributed by atoms with Gasteiger partial charge in [0.15, 0.2) is 0 Å². The van der Waals surface area contributed by atoms with E-state index in [1.165, 1.54) is 6.33 Å². The Labute approximate surface area is 258 Å². The molecule has 0 unspecified atom stereocenters. The molecule has 3 aliphatic rings. The Hall–Kier alpha value is -2.61. The molecule has 3 saturated heterocycles. The quantitative estimate of drug-likeness (QED) is 0.465. The highest BCUT2D eigenvalue weighted by Gasteiger charge is 2.51. The first kappa shape index (κ1) is 32.8. The fourth-order valence-electron chi connectivity index (χ4n) is 7.41. The summed E-state index contributed by atoms with van der Waals surface area (Å²) in [7, 11) is -5.32. The average molecular weight is 637 g/mol. The number of benzene rings is 1. The van der Waals surface area contributed by atoms with Gasteiger partial charge in [0.1, 0.15) is 6.33 Å². The van der Waals surface area contributed by atoms with Crippen LogP contribution in [0.2, 0.25) is 0 Å². The molecule has 1 aromatic carbocycles. The standard InChI is InChI=1S/C31H43F3N6O3S/c1-22-20-38(30(4)12-16-37(17-13-30)29(41)27-23(2)35-21-36-24(27)3)18-19-40(22)28(25-8-6-5-7-9-25)26-10-14-39(15-11-26)44(42,43)31(32,33)34/h5-9,21-22,26,28H,10-20H2,1-4H3/t22-,28+/m0/s1. The number of rotatable bonds is 6. The fraction of sp³-hybridized carbons (Fsp3) is 0.645. The molecular weight excluding hydrogens is 593 g/mol. The summed E-state index contributed by atoms with van der Waals surface area (Å²) < 4.78 is 64.3. The molecule has 13 heteroatoms. The number of carbonyl (C=O) groups is 1. The molecular formula is C31H43F3N6O3S. The number of amides is 1. The van der Waals surface area contributed by atoms with Gasteiger partial charge in [0.2, 0.25) is 0 Å². The highest BCUT2D eigenvalue weighted by molar-refractivity contribution is 7.90. The van der Waals surface area contributed by atoms with Crippen molar-refractivity contribution in [3.05, 3.63) is 59.2 Å². The molecule has 3 aliphatic heterocycles. The molecule has 1 amide bonds. The summed E-state index contributed by atoms with van der Waals surface area (Å²) in [6.07, 6.45) is 3.93. The molecule has 3 fully saturated rings. The Morgan fingerprint density at radius 2 is 1.55 bits per heavy atom. The topological polar surface area (TPSA) is 90.0 Å². The normalized spacial score (nSPS) is 23.9. The lowest BCUT2D eigenvalue weighted by Crippen LogP contribution is -2.63. The van der Waals surface area contributed by atoms with Crippen LogP contribution in [0.25, 0.3) is 0 Å². The number of piperidine rings is 2. The van der Waals surface area contributed by atoms with E-state index in [9.17, 15) is 26.4 Å². The zero-order valence-corrected chi connectivity index (χ0v) is 26.7. The highest BCUT2D eigenvalue weighted by Crippen LogP contribution is 2.41. The Morgan fingerprint density at radius 3 is 2.09 bits per heavy atom. The lowest BCUT2D eigenvalue weighted by Gasteiger charge is -2.54. The lowest BCUT2D eigenvalue weighted by atomic mass is 9.82. The van der Waals surface area contributed by atoms with Crippen LogP contribution in [0, 0.1) is 19.8 Å². The predicted molar refractivity (Wildman–Crippen MR) is 161 cm³/mol. The molecule has 0 radical (unpaired) electrons. The predicted octanol–water partition coefficient (Wildman–Crippen LogP) is 4.40. The molecule has 1 aromatic heterocycles. The van der Waals surface area contributed by atoms with E-state index >= 15 is 0 Å². The van der Waals surface area contributed by atoms with Gasteiger partial charge in [-0.25, -0.2) is 18.4 Å². The Kier molecular flexibility index (Phi) is 9.42. The van der Waals surface area contributed by atoms with Crippen LogP contribution in [-0.4, -0.2) is 106 Å². The minimum absolute atomic E-state index is 0.0133. The van der Waals surface area contributed by atoms with Crippen LogP contribution in [0.4, 0.5) is 13.2 Å². The first-order valence-electron chi connectivity index (χ1n) is 15.4. The molecule has 44 heavy (non-hydrogen) atoms. The third-order valence-corrected chi connectivity index (χ3v) is 11.7. The van der Waals surface area contributed by atoms with Crippen LogP contribution in [0.15, 0.2) is 36.7 Å². The second-order valence-electron chi connectivity index (χ2n) is 12.8. The number of sulfonamides is 1. The summed E-state index contributed by atoms with van der Waals surface area (Å²) in [6.45, 7) is 11.7. The molecule has 0 N–H and O–H groups in total. The van der Waals surface area contributed by atoms with Crippen molar-refractivity contribution in [2.45, 2.75) is 76.5 Å². The fourth-order valence-corrected chi connectivity index (χ4v) is 8.39. The summed E-state index contributed by atoms with van der Waals surface area (Å²) in [5.74, 6) is 0.0189. The number of hydrogen-bond acceptors (Lipinski definition) is 7. The van der Waals surface area contributed by atoms with Gasteiger partial charge >= 0.3 is 15.5 Å². The van der Waals surface area contributed by atoms with E-state index < -0.39 is 15.5 Å². The van der Waals surface area contributed by atoms with E-state index in [-0.39, 0.29) is 42.5 Å². The zero-order chi connectivity index (χ0) is 31.9. The van der Waals surface area contributed by atoms with E-state index in [2.05, 4.69) is 45.7 Å². The molecule has 0 bridgehead atoms. The number of alkyl halides is 3. The van der Waals surface area contributed by atoms with Crippen molar-refractivity contribution in [2.75, 3.05) is 45.8 Å². The van der Waals surface area contributed by atoms with E-state index in [1.807, 2.05) is 36.9 Å². The van der Waals surface area contributed by atoms with Gasteiger partial charge in [0.05, 0.1) is 17.0 Å². The highest BCUT2D eigenvalue weighted by atomic mass is 32.2. The molecule has 242 valence electrons. The number of piperazine rings is 1. The molecule has 0 saturated carbocycles. The van der Waals surface area contributed by atoms with Crippen LogP contribution in [-0.2, 0) is 10.0 Å². The van der Waals surface area contributed by atoms with Crippen molar-refractivity contribution in [3.8, 4) is 0 Å². The first-order valence-corrected chi connectivity index (χ1v) is 16.9. The summed E-state index contributed by atoms with van der Waals surface area (Å²) in [6, 6.07) is 10.2. The maximum Gasteiger partial charge on any atom is 0.511 e. The number of hydrogen-bond donors (Lipinski definition) is 0. The van der Waals surface area contributed by atoms with Crippen molar-refractivity contribution in [1.29, 1.82) is 0 Å². The lowest BCUT2D eigenvalue weighted by molar-refractivity contribution is -0.0526. The van der Waals surface area contributed by atoms with Crippen LogP contribution < -0.4 is 0 Å². The van der Waals surface area contributed by atoms with Gasteiger partial charge in [-0.3, -0.25) is 14.6 Å². The van der Waals surface area contributed by atoms with Crippen molar-refractivity contribution in [2.24, 2.45) is 5.92 Å². The molecule has 9 nitrogen and oxygen atoms in total. The van der Waals surface area contributed by atoms with Gasteiger partial charge in [-0.1, -0.05) is 30.3 Å². The Balaban J connectivity index is 1.25. The van der Waals surface area contributed by atoms with E-state index in [4.69, 9.17) is 0 Å². The van der Waals surface area contributed by atoms with Crippen LogP contribution in [0.1, 0.15) is 72.9 Å². The van der Waals surface area contributed by atoms with E-state index in [0.717, 1.165) is 38.0 Å². The largest absolute Gasteiger partial charge is 0.511 e. The van der Waals surface area contributed by atoms with Gasteiger partial charge in [0.25, 0.3) is 5.91 Å². The zero-order valence-electron chi connectivity index (χ0n) is 25.9. The van der Waals surface area contributed by atoms with E-state index in [1.54, 1.807) is 0 Å². The molecule has 0 aliphatic carbocycles. The van der Waals surface area contributed by atoms with Crippen LogP contribution >= 0.6 is 0 Å². The van der Waals surface area contributed by atoms with Gasteiger partial charge in [-0.05, 0) is 64.9 Å². The number of halogens is 3. The molecule has 5 rings (SSSR count). The number of nitrogens with zero attached hydrogens (tertiary/aromatic N) is 6. The monoisotopic (exact) mass is 636 g/mol. The summed E-state index contributed by atoms with van der Waals surface area (Å²) in [4.78, 5) is 28.7. The summed E-state index contributed by atoms with van der Waals surface area (Å²) in [5.41, 5.74) is -2.25. The minimum Gasteiger partial charge on any atom is -0.338 e. The van der Waals surface area contributed by atoms with E-state index in [0.29, 0.717) is 47.2 Å². The molecule has 0 spiro atoms. The third-order valence-electron chi connectivity index (χ3n) is 10.1. The van der Waals surface area contributed by atoms with Crippen molar-refractivity contribution >= 4 is 15.9 Å². The summed E-state index contributed by atoms with van der Waals surface area (Å²) >= 11 is 0. The van der Waals surface area contributed by atoms with Crippen molar-refractivity contribution in [3.63, 3.8) is 0 Å². The second kappa shape index (κ2) is 12.6. The Morgan fingerprint density at radius 1 is 0.955 bits per heavy atom. The smallest absolute Gasteiger partial charge is 0.338 e. The third kappa shape index (κ3) is 6.38. The molecule has 2 atom stereocenters. The first-order chi connectivity index (χ1) is 20.7. The average Bonchev–Trinajstić information content (AvgIpc) is 2.98. The van der Waals surface area contributed by atoms with Crippen LogP contribution in [0.5, 0.6) is 0 Å². The van der Waals surface area contributed by atoms with Gasteiger partial charge in [-0.2, -0.15) is 17.5 Å². The Bertz CT molecular complexity index is 1400. The van der Waals surface area contributed by atoms with Gasteiger partial charge in [-0.15, -0.1) is 0 Å². The van der Waals surface area contributed by atoms with Crippen molar-refractivity contribution < 1.29 is 26.4 Å². The summed E-state index contributed by atoms with van der Waals surface area (Å²) in [5, 5.41) is 0. The van der Waals surface area contributed by atoms with Crippen LogP contribution in [0.3, 0.4) is 0 Å². The van der Waals surface area contributed by atoms with Gasteiger partial charge in [0, 0.05) is 63.4 Å². The number of carbonyl (C=O) groups excluding carboxylic acids is 1. The minimum atomic E-state index is -5.32. The molecule has 4 heterocycles. The number of aromatic nitrogens is 2.